The van der Waals surface area contributed by atoms with Crippen molar-refractivity contribution in [3.05, 3.63) is 59.5 Å². The van der Waals surface area contributed by atoms with Crippen molar-refractivity contribution in [1.29, 1.82) is 0 Å². The van der Waals surface area contributed by atoms with Crippen molar-refractivity contribution in [3.8, 4) is 22.9 Å². The standard InChI is InChI=1S/C23H22N4O3/c1-13(2)23-26-22(27-30-23)17-10-16-6-4-5-14(3)20(16)25-21(17)24-11-15-7-8-18-19(9-15)29-12-28-18/h4-10,13H,11-12H2,1-3H3,(H,24,25). The molecule has 5 rings (SSSR count). The predicted molar refractivity (Wildman–Crippen MR) is 114 cm³/mol. The second-order valence-corrected chi connectivity index (χ2v) is 7.68. The van der Waals surface area contributed by atoms with Gasteiger partial charge in [-0.25, -0.2) is 4.98 Å². The van der Waals surface area contributed by atoms with Crippen LogP contribution in [0.5, 0.6) is 11.5 Å². The number of hydrogen-bond acceptors (Lipinski definition) is 7. The molecule has 2 aromatic carbocycles. The lowest BCUT2D eigenvalue weighted by Crippen LogP contribution is -2.04. The van der Waals surface area contributed by atoms with Gasteiger partial charge >= 0.3 is 0 Å². The molecule has 7 heteroatoms. The van der Waals surface area contributed by atoms with Crippen LogP contribution in [0.1, 0.15) is 36.8 Å². The van der Waals surface area contributed by atoms with Crippen LogP contribution in [-0.4, -0.2) is 21.9 Å². The van der Waals surface area contributed by atoms with E-state index in [1.807, 2.05) is 44.2 Å². The lowest BCUT2D eigenvalue weighted by Gasteiger charge is -2.12. The summed E-state index contributed by atoms with van der Waals surface area (Å²) in [4.78, 5) is 9.48. The number of pyridine rings is 1. The molecule has 0 spiro atoms. The summed E-state index contributed by atoms with van der Waals surface area (Å²) in [6.45, 7) is 6.94. The number of benzene rings is 2. The first-order valence-corrected chi connectivity index (χ1v) is 9.95. The van der Waals surface area contributed by atoms with Gasteiger partial charge < -0.3 is 19.3 Å². The fraction of sp³-hybridized carbons (Fsp3) is 0.261. The first kappa shape index (κ1) is 18.4. The average molecular weight is 402 g/mol. The molecule has 0 unspecified atom stereocenters. The van der Waals surface area contributed by atoms with Crippen LogP contribution in [0.3, 0.4) is 0 Å². The van der Waals surface area contributed by atoms with E-state index in [0.717, 1.165) is 39.1 Å². The molecule has 0 radical (unpaired) electrons. The summed E-state index contributed by atoms with van der Waals surface area (Å²) in [5.74, 6) is 3.54. The Labute approximate surface area is 174 Å². The molecular weight excluding hydrogens is 380 g/mol. The summed E-state index contributed by atoms with van der Waals surface area (Å²) in [5.41, 5.74) is 3.93. The number of aromatic nitrogens is 3. The Morgan fingerprint density at radius 2 is 1.90 bits per heavy atom. The van der Waals surface area contributed by atoms with E-state index in [1.54, 1.807) is 0 Å². The van der Waals surface area contributed by atoms with Gasteiger partial charge in [-0.15, -0.1) is 0 Å². The number of fused-ring (bicyclic) bond motifs is 2. The van der Waals surface area contributed by atoms with E-state index in [0.29, 0.717) is 24.1 Å². The Hall–Kier alpha value is -3.61. The molecule has 7 nitrogen and oxygen atoms in total. The molecule has 30 heavy (non-hydrogen) atoms. The van der Waals surface area contributed by atoms with Gasteiger partial charge in [0.05, 0.1) is 11.1 Å². The van der Waals surface area contributed by atoms with E-state index in [4.69, 9.17) is 19.0 Å². The lowest BCUT2D eigenvalue weighted by molar-refractivity contribution is 0.174. The Balaban J connectivity index is 1.53. The third kappa shape index (κ3) is 3.32. The molecule has 152 valence electrons. The molecule has 4 aromatic rings. The first-order valence-electron chi connectivity index (χ1n) is 9.95. The zero-order valence-corrected chi connectivity index (χ0v) is 17.1. The Bertz CT molecular complexity index is 1230. The number of nitrogens with zero attached hydrogens (tertiary/aromatic N) is 3. The second-order valence-electron chi connectivity index (χ2n) is 7.68. The molecule has 1 aliphatic heterocycles. The smallest absolute Gasteiger partial charge is 0.231 e. The van der Waals surface area contributed by atoms with Crippen LogP contribution in [-0.2, 0) is 6.54 Å². The molecule has 0 atom stereocenters. The Morgan fingerprint density at radius 1 is 1.03 bits per heavy atom. The van der Waals surface area contributed by atoms with Crippen molar-refractivity contribution in [2.45, 2.75) is 33.2 Å². The van der Waals surface area contributed by atoms with Gasteiger partial charge in [0.2, 0.25) is 18.5 Å². The van der Waals surface area contributed by atoms with E-state index in [9.17, 15) is 0 Å². The maximum absolute atomic E-state index is 5.48. The highest BCUT2D eigenvalue weighted by molar-refractivity contribution is 5.89. The van der Waals surface area contributed by atoms with Crippen molar-refractivity contribution < 1.29 is 14.0 Å². The molecule has 1 N–H and O–H groups in total. The minimum Gasteiger partial charge on any atom is -0.454 e. The number of ether oxygens (including phenoxy) is 2. The topological polar surface area (TPSA) is 82.3 Å². The predicted octanol–water partition coefficient (Wildman–Crippen LogP) is 5.06. The summed E-state index contributed by atoms with van der Waals surface area (Å²) in [6, 6.07) is 14.1. The molecule has 0 fully saturated rings. The van der Waals surface area contributed by atoms with Crippen LogP contribution >= 0.6 is 0 Å². The molecule has 2 aromatic heterocycles. The molecule has 0 saturated carbocycles. The molecule has 0 amide bonds. The second kappa shape index (κ2) is 7.33. The summed E-state index contributed by atoms with van der Waals surface area (Å²) in [6.07, 6.45) is 0. The number of aryl methyl sites for hydroxylation is 1. The first-order chi connectivity index (χ1) is 14.6. The maximum Gasteiger partial charge on any atom is 0.231 e. The summed E-state index contributed by atoms with van der Waals surface area (Å²) >= 11 is 0. The van der Waals surface area contributed by atoms with Crippen LogP contribution in [0.4, 0.5) is 5.82 Å². The van der Waals surface area contributed by atoms with E-state index >= 15 is 0 Å². The van der Waals surface area contributed by atoms with Gasteiger partial charge in [-0.2, -0.15) is 4.98 Å². The molecule has 3 heterocycles. The number of para-hydroxylation sites is 1. The minimum absolute atomic E-state index is 0.159. The fourth-order valence-corrected chi connectivity index (χ4v) is 3.47. The molecule has 0 bridgehead atoms. The third-order valence-electron chi connectivity index (χ3n) is 5.12. The van der Waals surface area contributed by atoms with Gasteiger partial charge in [0.25, 0.3) is 0 Å². The monoisotopic (exact) mass is 402 g/mol. The normalized spacial score (nSPS) is 12.7. The quantitative estimate of drug-likeness (QED) is 0.500. The van der Waals surface area contributed by atoms with Gasteiger partial charge in [-0.3, -0.25) is 0 Å². The number of rotatable bonds is 5. The van der Waals surface area contributed by atoms with Crippen LogP contribution in [0.15, 0.2) is 47.0 Å². The molecule has 1 aliphatic rings. The Morgan fingerprint density at radius 3 is 2.73 bits per heavy atom. The van der Waals surface area contributed by atoms with Crippen molar-refractivity contribution >= 4 is 16.7 Å². The van der Waals surface area contributed by atoms with Gasteiger partial charge in [-0.1, -0.05) is 43.3 Å². The fourth-order valence-electron chi connectivity index (χ4n) is 3.47. The van der Waals surface area contributed by atoms with Crippen LogP contribution in [0.2, 0.25) is 0 Å². The van der Waals surface area contributed by atoms with Gasteiger partial charge in [-0.05, 0) is 36.2 Å². The molecule has 0 aliphatic carbocycles. The van der Waals surface area contributed by atoms with E-state index < -0.39 is 0 Å². The van der Waals surface area contributed by atoms with Gasteiger partial charge in [0.1, 0.15) is 5.82 Å². The van der Waals surface area contributed by atoms with Gasteiger partial charge in [0.15, 0.2) is 11.5 Å². The van der Waals surface area contributed by atoms with Gasteiger partial charge in [0, 0.05) is 17.8 Å². The van der Waals surface area contributed by atoms with Crippen molar-refractivity contribution in [2.24, 2.45) is 0 Å². The third-order valence-corrected chi connectivity index (χ3v) is 5.12. The van der Waals surface area contributed by atoms with Crippen LogP contribution in [0.25, 0.3) is 22.3 Å². The lowest BCUT2D eigenvalue weighted by atomic mass is 10.1. The summed E-state index contributed by atoms with van der Waals surface area (Å²) in [7, 11) is 0. The molecular formula is C23H22N4O3. The van der Waals surface area contributed by atoms with Crippen LogP contribution in [0, 0.1) is 6.92 Å². The number of anilines is 1. The van der Waals surface area contributed by atoms with Crippen molar-refractivity contribution in [2.75, 3.05) is 12.1 Å². The summed E-state index contributed by atoms with van der Waals surface area (Å²) in [5, 5.41) is 8.68. The number of nitrogens with one attached hydrogen (secondary N) is 1. The Kier molecular flexibility index (Phi) is 4.50. The largest absolute Gasteiger partial charge is 0.454 e. The van der Waals surface area contributed by atoms with E-state index in [1.165, 1.54) is 0 Å². The highest BCUT2D eigenvalue weighted by Gasteiger charge is 2.18. The highest BCUT2D eigenvalue weighted by Crippen LogP contribution is 2.34. The van der Waals surface area contributed by atoms with Crippen LogP contribution < -0.4 is 14.8 Å². The molecule has 0 saturated heterocycles. The number of hydrogen-bond donors (Lipinski definition) is 1. The van der Waals surface area contributed by atoms with Crippen molar-refractivity contribution in [3.63, 3.8) is 0 Å². The average Bonchev–Trinajstić information content (AvgIpc) is 3.41. The van der Waals surface area contributed by atoms with E-state index in [2.05, 4.69) is 34.5 Å². The zero-order chi connectivity index (χ0) is 20.7. The zero-order valence-electron chi connectivity index (χ0n) is 17.1. The van der Waals surface area contributed by atoms with E-state index in [-0.39, 0.29) is 12.7 Å². The highest BCUT2D eigenvalue weighted by atomic mass is 16.7. The maximum atomic E-state index is 5.48. The van der Waals surface area contributed by atoms with Crippen molar-refractivity contribution in [1.82, 2.24) is 15.1 Å². The summed E-state index contributed by atoms with van der Waals surface area (Å²) < 4.78 is 16.3. The minimum atomic E-state index is 0.159. The SMILES string of the molecule is Cc1cccc2cc(-c3noc(C(C)C)n3)c(NCc3ccc4c(c3)OCO4)nc12.